The molecule has 0 amide bonds. The summed E-state index contributed by atoms with van der Waals surface area (Å²) in [5.41, 5.74) is 1.17. The van der Waals surface area contributed by atoms with Gasteiger partial charge < -0.3 is 10.2 Å². The Balaban J connectivity index is 1.77. The molecule has 3 saturated carbocycles. The number of rotatable bonds is 0. The number of hydrogen-bond donors (Lipinski definition) is 2. The van der Waals surface area contributed by atoms with E-state index in [0.717, 1.165) is 19.3 Å². The molecule has 0 aromatic carbocycles. The maximum absolute atomic E-state index is 12.5. The number of aliphatic hydroxyl groups excluding tert-OH is 2. The maximum atomic E-state index is 12.5. The fraction of sp³-hybridized carbons (Fsp3) is 0.850. The van der Waals surface area contributed by atoms with E-state index in [4.69, 9.17) is 0 Å². The van der Waals surface area contributed by atoms with Gasteiger partial charge in [-0.05, 0) is 55.3 Å². The van der Waals surface area contributed by atoms with Crippen LogP contribution < -0.4 is 0 Å². The summed E-state index contributed by atoms with van der Waals surface area (Å²) < 4.78 is 0. The monoisotopic (exact) mass is 318 g/mol. The van der Waals surface area contributed by atoms with Crippen molar-refractivity contribution in [3.05, 3.63) is 11.6 Å². The van der Waals surface area contributed by atoms with Crippen molar-refractivity contribution in [2.24, 2.45) is 34.5 Å². The summed E-state index contributed by atoms with van der Waals surface area (Å²) in [6.45, 7) is 6.71. The molecule has 0 spiro atoms. The molecule has 3 nitrogen and oxygen atoms in total. The molecule has 8 atom stereocenters. The van der Waals surface area contributed by atoms with Gasteiger partial charge in [0.2, 0.25) is 0 Å². The van der Waals surface area contributed by atoms with Crippen molar-refractivity contribution >= 4 is 5.78 Å². The molecule has 0 aromatic heterocycles. The van der Waals surface area contributed by atoms with Gasteiger partial charge in [-0.1, -0.05) is 32.4 Å². The molecule has 0 bridgehead atoms. The van der Waals surface area contributed by atoms with Crippen molar-refractivity contribution in [1.82, 2.24) is 0 Å². The van der Waals surface area contributed by atoms with Crippen LogP contribution >= 0.6 is 0 Å². The third-order valence-electron chi connectivity index (χ3n) is 8.08. The van der Waals surface area contributed by atoms with Crippen LogP contribution in [0.3, 0.4) is 0 Å². The first kappa shape index (κ1) is 15.8. The molecule has 3 fully saturated rings. The smallest absolute Gasteiger partial charge is 0.141 e. The first-order valence-corrected chi connectivity index (χ1v) is 9.38. The van der Waals surface area contributed by atoms with Gasteiger partial charge in [-0.3, -0.25) is 4.79 Å². The minimum absolute atomic E-state index is 0.0392. The lowest BCUT2D eigenvalue weighted by Gasteiger charge is -2.58. The van der Waals surface area contributed by atoms with E-state index in [0.29, 0.717) is 11.8 Å². The van der Waals surface area contributed by atoms with Crippen LogP contribution in [-0.2, 0) is 4.79 Å². The Morgan fingerprint density at radius 1 is 1.09 bits per heavy atom. The van der Waals surface area contributed by atoms with Crippen LogP contribution in [-0.4, -0.2) is 28.2 Å². The third-order valence-corrected chi connectivity index (χ3v) is 8.08. The lowest BCUT2D eigenvalue weighted by molar-refractivity contribution is -0.138. The van der Waals surface area contributed by atoms with Crippen LogP contribution in [0, 0.1) is 34.5 Å². The van der Waals surface area contributed by atoms with Crippen molar-refractivity contribution in [3.63, 3.8) is 0 Å². The average Bonchev–Trinajstić information content (AvgIpc) is 2.71. The zero-order valence-corrected chi connectivity index (χ0v) is 14.6. The van der Waals surface area contributed by atoms with Crippen molar-refractivity contribution in [3.8, 4) is 0 Å². The van der Waals surface area contributed by atoms with Gasteiger partial charge >= 0.3 is 0 Å². The van der Waals surface area contributed by atoms with E-state index in [9.17, 15) is 15.0 Å². The number of aliphatic hydroxyl groups is 2. The number of Topliss-reactive ketones (excluding diaryl/α,β-unsaturated/α-hetero) is 1. The highest BCUT2D eigenvalue weighted by molar-refractivity contribution is 5.88. The van der Waals surface area contributed by atoms with Crippen LogP contribution in [0.15, 0.2) is 11.6 Å². The zero-order valence-electron chi connectivity index (χ0n) is 14.6. The number of hydrogen-bond acceptors (Lipinski definition) is 3. The van der Waals surface area contributed by atoms with Crippen LogP contribution in [0.2, 0.25) is 0 Å². The second-order valence-electron chi connectivity index (χ2n) is 9.31. The molecule has 3 unspecified atom stereocenters. The molecule has 4 aliphatic rings. The van der Waals surface area contributed by atoms with Crippen molar-refractivity contribution in [2.75, 3.05) is 0 Å². The van der Waals surface area contributed by atoms with Gasteiger partial charge in [-0.2, -0.15) is 0 Å². The SMILES string of the molecule is C[C@H]1CC[C@@]2(C)C(=C[C@@H](O)C3C2CC[C@]2(C)C(=O)C[C@H](O)C32)C1. The van der Waals surface area contributed by atoms with E-state index < -0.39 is 17.6 Å². The Labute approximate surface area is 139 Å². The van der Waals surface area contributed by atoms with E-state index in [-0.39, 0.29) is 29.5 Å². The minimum Gasteiger partial charge on any atom is -0.392 e. The van der Waals surface area contributed by atoms with E-state index in [1.54, 1.807) is 0 Å². The summed E-state index contributed by atoms with van der Waals surface area (Å²) in [4.78, 5) is 12.5. The number of fused-ring (bicyclic) bond motifs is 5. The summed E-state index contributed by atoms with van der Waals surface area (Å²) in [7, 11) is 0. The van der Waals surface area contributed by atoms with Crippen LogP contribution in [0.4, 0.5) is 0 Å². The molecule has 0 heterocycles. The Bertz CT molecular complexity index is 567. The standard InChI is InChI=1S/C20H30O3/c1-11-4-6-19(2)12(8-11)9-14(21)17-13(19)5-7-20(3)16(23)10-15(22)18(17)20/h9,11,13-15,17-18,21-22H,4-8,10H2,1-3H3/t11-,13?,14+,15-,17?,18?,19-,20+/m0/s1. The normalized spacial score (nSPS) is 55.7. The number of allylic oxidation sites excluding steroid dienone is 1. The molecular weight excluding hydrogens is 288 g/mol. The van der Waals surface area contributed by atoms with Crippen LogP contribution in [0.25, 0.3) is 0 Å². The molecule has 4 aliphatic carbocycles. The fourth-order valence-corrected chi connectivity index (χ4v) is 6.66. The van der Waals surface area contributed by atoms with E-state index in [2.05, 4.69) is 19.9 Å². The van der Waals surface area contributed by atoms with Gasteiger partial charge in [0.15, 0.2) is 0 Å². The zero-order chi connectivity index (χ0) is 16.6. The summed E-state index contributed by atoms with van der Waals surface area (Å²) in [5, 5.41) is 21.5. The Kier molecular flexibility index (Phi) is 3.39. The average molecular weight is 318 g/mol. The highest BCUT2D eigenvalue weighted by Crippen LogP contribution is 2.64. The van der Waals surface area contributed by atoms with Gasteiger partial charge in [0.1, 0.15) is 5.78 Å². The van der Waals surface area contributed by atoms with E-state index in [1.165, 1.54) is 18.4 Å². The van der Waals surface area contributed by atoms with Crippen LogP contribution in [0.5, 0.6) is 0 Å². The molecule has 23 heavy (non-hydrogen) atoms. The highest BCUT2D eigenvalue weighted by atomic mass is 16.3. The molecular formula is C20H30O3. The van der Waals surface area contributed by atoms with Gasteiger partial charge in [0.25, 0.3) is 0 Å². The summed E-state index contributed by atoms with van der Waals surface area (Å²) >= 11 is 0. The second kappa shape index (κ2) is 4.92. The highest BCUT2D eigenvalue weighted by Gasteiger charge is 2.63. The van der Waals surface area contributed by atoms with Crippen molar-refractivity contribution < 1.29 is 15.0 Å². The third kappa shape index (κ3) is 1.99. The number of ketones is 1. The van der Waals surface area contributed by atoms with Crippen molar-refractivity contribution in [2.45, 2.75) is 71.5 Å². The summed E-state index contributed by atoms with van der Waals surface area (Å²) in [5.74, 6) is 1.28. The Morgan fingerprint density at radius 2 is 1.78 bits per heavy atom. The molecule has 4 rings (SSSR count). The van der Waals surface area contributed by atoms with Crippen molar-refractivity contribution in [1.29, 1.82) is 0 Å². The Hall–Kier alpha value is -0.670. The van der Waals surface area contributed by atoms with E-state index in [1.807, 2.05) is 6.92 Å². The van der Waals surface area contributed by atoms with Crippen LogP contribution in [0.1, 0.15) is 59.3 Å². The lowest BCUT2D eigenvalue weighted by Crippen LogP contribution is -2.56. The largest absolute Gasteiger partial charge is 0.392 e. The molecule has 128 valence electrons. The van der Waals surface area contributed by atoms with E-state index >= 15 is 0 Å². The van der Waals surface area contributed by atoms with Gasteiger partial charge in [0, 0.05) is 17.8 Å². The molecule has 0 radical (unpaired) electrons. The molecule has 0 aliphatic heterocycles. The Morgan fingerprint density at radius 3 is 2.52 bits per heavy atom. The first-order valence-electron chi connectivity index (χ1n) is 9.38. The molecule has 0 saturated heterocycles. The molecule has 2 N–H and O–H groups in total. The quantitative estimate of drug-likeness (QED) is 0.675. The summed E-state index contributed by atoms with van der Waals surface area (Å²) in [6.07, 6.45) is 6.71. The minimum atomic E-state index is -0.573. The lowest BCUT2D eigenvalue weighted by atomic mass is 9.47. The topological polar surface area (TPSA) is 57.5 Å². The first-order chi connectivity index (χ1) is 10.8. The number of carbonyl (C=O) groups excluding carboxylic acids is 1. The summed E-state index contributed by atoms with van der Waals surface area (Å²) in [6, 6.07) is 0. The predicted molar refractivity (Wildman–Crippen MR) is 88.7 cm³/mol. The molecule has 3 heteroatoms. The molecule has 0 aromatic rings. The maximum Gasteiger partial charge on any atom is 0.141 e. The van der Waals surface area contributed by atoms with Gasteiger partial charge in [-0.25, -0.2) is 0 Å². The van der Waals surface area contributed by atoms with Gasteiger partial charge in [0.05, 0.1) is 12.2 Å². The number of carbonyl (C=O) groups is 1. The predicted octanol–water partition coefficient (Wildman–Crippen LogP) is 3.10. The van der Waals surface area contributed by atoms with Gasteiger partial charge in [-0.15, -0.1) is 0 Å². The fourth-order valence-electron chi connectivity index (χ4n) is 6.66. The second-order valence-corrected chi connectivity index (χ2v) is 9.31.